The lowest BCUT2D eigenvalue weighted by Crippen LogP contribution is -2.46. The van der Waals surface area contributed by atoms with E-state index in [-0.39, 0.29) is 34.4 Å². The molecule has 0 bridgehead atoms. The van der Waals surface area contributed by atoms with Gasteiger partial charge in [-0.3, -0.25) is 10.1 Å². The molecule has 156 valence electrons. The zero-order valence-electron chi connectivity index (χ0n) is 16.8. The second-order valence-corrected chi connectivity index (χ2v) is 9.06. The lowest BCUT2D eigenvalue weighted by atomic mass is 9.70. The molecule has 6 rings (SSSR count). The van der Waals surface area contributed by atoms with Gasteiger partial charge in [0.1, 0.15) is 0 Å². The van der Waals surface area contributed by atoms with Crippen molar-refractivity contribution in [3.63, 3.8) is 0 Å². The van der Waals surface area contributed by atoms with Crippen LogP contribution < -0.4 is 4.90 Å². The summed E-state index contributed by atoms with van der Waals surface area (Å²) in [4.78, 5) is 25.2. The summed E-state index contributed by atoms with van der Waals surface area (Å²) in [6.07, 6.45) is 10.8. The van der Waals surface area contributed by atoms with Crippen LogP contribution in [-0.2, 0) is 0 Å². The molecule has 2 aliphatic heterocycles. The highest BCUT2D eigenvalue weighted by atomic mass is 16.6. The number of hydrogen-bond donors (Lipinski definition) is 1. The van der Waals surface area contributed by atoms with E-state index in [1.165, 1.54) is 5.69 Å². The van der Waals surface area contributed by atoms with E-state index in [0.717, 1.165) is 36.1 Å². The Labute approximate surface area is 179 Å². The van der Waals surface area contributed by atoms with Crippen molar-refractivity contribution in [2.45, 2.75) is 30.7 Å². The molecule has 5 atom stereocenters. The van der Waals surface area contributed by atoms with Gasteiger partial charge in [-0.15, -0.1) is 0 Å². The summed E-state index contributed by atoms with van der Waals surface area (Å²) in [5.41, 5.74) is 4.96. The van der Waals surface area contributed by atoms with E-state index >= 15 is 0 Å². The smallest absolute Gasteiger partial charge is 0.335 e. The van der Waals surface area contributed by atoms with Crippen molar-refractivity contribution in [1.29, 1.82) is 0 Å². The molecular weight excluding hydrogens is 392 g/mol. The average Bonchev–Trinajstić information content (AvgIpc) is 3.43. The Bertz CT molecular complexity index is 1150. The van der Waals surface area contributed by atoms with E-state index in [9.17, 15) is 20.0 Å². The topological polar surface area (TPSA) is 83.7 Å². The quantitative estimate of drug-likeness (QED) is 0.425. The molecule has 2 aromatic carbocycles. The van der Waals surface area contributed by atoms with Crippen LogP contribution in [-0.4, -0.2) is 22.5 Å². The molecule has 5 unspecified atom stereocenters. The Morgan fingerprint density at radius 2 is 1.71 bits per heavy atom. The van der Waals surface area contributed by atoms with Crippen LogP contribution in [0.15, 0.2) is 60.7 Å². The predicted molar refractivity (Wildman–Crippen MR) is 117 cm³/mol. The molecule has 2 aliphatic carbocycles. The van der Waals surface area contributed by atoms with E-state index in [2.05, 4.69) is 29.2 Å². The van der Waals surface area contributed by atoms with Crippen LogP contribution in [0.5, 0.6) is 0 Å². The van der Waals surface area contributed by atoms with Crippen LogP contribution in [0.25, 0.3) is 0 Å². The van der Waals surface area contributed by atoms with Gasteiger partial charge in [-0.25, -0.2) is 4.79 Å². The van der Waals surface area contributed by atoms with Crippen molar-refractivity contribution in [3.05, 3.63) is 93.1 Å². The highest BCUT2D eigenvalue weighted by molar-refractivity contribution is 5.90. The Morgan fingerprint density at radius 3 is 2.42 bits per heavy atom. The van der Waals surface area contributed by atoms with Crippen molar-refractivity contribution in [2.75, 3.05) is 11.4 Å². The van der Waals surface area contributed by atoms with E-state index in [1.54, 1.807) is 12.1 Å². The SMILES string of the molecule is O=C(O)c1cc2c3c(c1)C1C=CCC1C(c1ccc([N+](=O)[O-])cc1)N3CC1CC=CC21. The largest absolute Gasteiger partial charge is 0.478 e. The standard InChI is InChI=1S/C25H22N2O4/c28-25(29)16-11-21-18-4-1-3-15(18)13-26-23(14-7-9-17(10-8-14)27(30)31)20-6-2-5-19(20)22(12-16)24(21)26/h1-2,4-5,7-12,15,18-20,23H,3,6,13H2,(H,28,29). The Balaban J connectivity index is 1.55. The Morgan fingerprint density at radius 1 is 1.03 bits per heavy atom. The fourth-order valence-electron chi connectivity index (χ4n) is 6.27. The molecule has 6 heteroatoms. The van der Waals surface area contributed by atoms with Gasteiger partial charge in [0.05, 0.1) is 16.5 Å². The van der Waals surface area contributed by atoms with E-state index < -0.39 is 5.97 Å². The van der Waals surface area contributed by atoms with Crippen LogP contribution in [0.2, 0.25) is 0 Å². The van der Waals surface area contributed by atoms with Gasteiger partial charge in [-0.2, -0.15) is 0 Å². The number of nitro groups is 1. The van der Waals surface area contributed by atoms with Gasteiger partial charge in [0.2, 0.25) is 0 Å². The summed E-state index contributed by atoms with van der Waals surface area (Å²) < 4.78 is 0. The number of fused-ring (bicyclic) bond motifs is 4. The van der Waals surface area contributed by atoms with Crippen molar-refractivity contribution >= 4 is 17.3 Å². The van der Waals surface area contributed by atoms with E-state index in [4.69, 9.17) is 0 Å². The zero-order valence-corrected chi connectivity index (χ0v) is 16.8. The number of non-ortho nitro benzene ring substituents is 1. The number of allylic oxidation sites excluding steroid dienone is 4. The summed E-state index contributed by atoms with van der Waals surface area (Å²) >= 11 is 0. The van der Waals surface area contributed by atoms with E-state index in [0.29, 0.717) is 11.5 Å². The maximum absolute atomic E-state index is 11.9. The van der Waals surface area contributed by atoms with Gasteiger partial charge in [-0.05, 0) is 53.5 Å². The summed E-state index contributed by atoms with van der Waals surface area (Å²) in [5, 5.41) is 20.9. The number of rotatable bonds is 3. The normalized spacial score (nSPS) is 29.4. The maximum atomic E-state index is 11.9. The first-order chi connectivity index (χ1) is 15.0. The number of anilines is 1. The summed E-state index contributed by atoms with van der Waals surface area (Å²) in [7, 11) is 0. The molecule has 2 aromatic rings. The van der Waals surface area contributed by atoms with Crippen LogP contribution >= 0.6 is 0 Å². The summed E-state index contributed by atoms with van der Waals surface area (Å²) in [6.45, 7) is 0.912. The molecule has 2 heterocycles. The number of benzene rings is 2. The van der Waals surface area contributed by atoms with Crippen molar-refractivity contribution in [3.8, 4) is 0 Å². The monoisotopic (exact) mass is 414 g/mol. The minimum Gasteiger partial charge on any atom is -0.478 e. The molecule has 4 aliphatic rings. The Kier molecular flexibility index (Phi) is 3.88. The second-order valence-electron chi connectivity index (χ2n) is 9.06. The van der Waals surface area contributed by atoms with Gasteiger partial charge in [-0.1, -0.05) is 36.4 Å². The number of aromatic carboxylic acids is 1. The molecule has 31 heavy (non-hydrogen) atoms. The van der Waals surface area contributed by atoms with Gasteiger partial charge in [0.25, 0.3) is 5.69 Å². The number of carbonyl (C=O) groups is 1. The fraction of sp³-hybridized carbons (Fsp3) is 0.320. The van der Waals surface area contributed by atoms with Crippen LogP contribution in [0.3, 0.4) is 0 Å². The lowest BCUT2D eigenvalue weighted by molar-refractivity contribution is -0.384. The van der Waals surface area contributed by atoms with Crippen molar-refractivity contribution in [2.24, 2.45) is 11.8 Å². The number of carboxylic acids is 1. The predicted octanol–water partition coefficient (Wildman–Crippen LogP) is 5.19. The zero-order chi connectivity index (χ0) is 21.3. The molecule has 0 radical (unpaired) electrons. The van der Waals surface area contributed by atoms with Gasteiger partial charge >= 0.3 is 5.97 Å². The highest BCUT2D eigenvalue weighted by Crippen LogP contribution is 2.58. The highest BCUT2D eigenvalue weighted by Gasteiger charge is 2.48. The minimum absolute atomic E-state index is 0.103. The first-order valence-corrected chi connectivity index (χ1v) is 10.8. The molecule has 0 saturated heterocycles. The molecule has 1 N–H and O–H groups in total. The number of hydrogen-bond acceptors (Lipinski definition) is 4. The molecule has 0 saturated carbocycles. The number of nitrogens with zero attached hydrogens (tertiary/aromatic N) is 2. The number of carboxylic acid groups (broad SMARTS) is 1. The first-order valence-electron chi connectivity index (χ1n) is 10.8. The van der Waals surface area contributed by atoms with Crippen molar-refractivity contribution < 1.29 is 14.8 Å². The van der Waals surface area contributed by atoms with Crippen LogP contribution in [0.4, 0.5) is 11.4 Å². The van der Waals surface area contributed by atoms with Gasteiger partial charge in [0, 0.05) is 36.2 Å². The molecule has 0 aromatic heterocycles. The Hall–Kier alpha value is -3.41. The van der Waals surface area contributed by atoms with Crippen molar-refractivity contribution in [1.82, 2.24) is 0 Å². The number of nitro benzene ring substituents is 1. The van der Waals surface area contributed by atoms with Crippen LogP contribution in [0.1, 0.15) is 57.8 Å². The molecule has 0 fully saturated rings. The van der Waals surface area contributed by atoms with E-state index in [1.807, 2.05) is 24.3 Å². The van der Waals surface area contributed by atoms with Gasteiger partial charge < -0.3 is 10.0 Å². The summed E-state index contributed by atoms with van der Waals surface area (Å²) in [6, 6.07) is 10.8. The third kappa shape index (κ3) is 2.60. The molecule has 0 amide bonds. The van der Waals surface area contributed by atoms with Gasteiger partial charge in [0.15, 0.2) is 0 Å². The molecule has 6 nitrogen and oxygen atoms in total. The summed E-state index contributed by atoms with van der Waals surface area (Å²) in [5.74, 6) is 0.244. The second kappa shape index (κ2) is 6.54. The fourth-order valence-corrected chi connectivity index (χ4v) is 6.27. The maximum Gasteiger partial charge on any atom is 0.335 e. The van der Waals surface area contributed by atoms with Crippen LogP contribution in [0, 0.1) is 22.0 Å². The molecule has 0 spiro atoms. The minimum atomic E-state index is -0.884. The third-order valence-electron chi connectivity index (χ3n) is 7.54. The average molecular weight is 414 g/mol. The lowest BCUT2D eigenvalue weighted by Gasteiger charge is -2.51. The molecular formula is C25H22N2O4. The third-order valence-corrected chi connectivity index (χ3v) is 7.54. The first kappa shape index (κ1) is 18.4.